The highest BCUT2D eigenvalue weighted by Crippen LogP contribution is 2.36. The molecule has 4 heterocycles. The van der Waals surface area contributed by atoms with Crippen LogP contribution in [0.1, 0.15) is 61.5 Å². The number of anilines is 2. The van der Waals surface area contributed by atoms with Gasteiger partial charge < -0.3 is 25.8 Å². The van der Waals surface area contributed by atoms with Crippen LogP contribution in [0.4, 0.5) is 11.6 Å². The summed E-state index contributed by atoms with van der Waals surface area (Å²) in [4.78, 5) is 35.9. The molecule has 11 nitrogen and oxygen atoms in total. The van der Waals surface area contributed by atoms with Gasteiger partial charge in [0.05, 0.1) is 17.5 Å². The summed E-state index contributed by atoms with van der Waals surface area (Å²) >= 11 is 0. The number of hydrogen-bond donors (Lipinski definition) is 3. The third-order valence-corrected chi connectivity index (χ3v) is 7.73. The van der Waals surface area contributed by atoms with Crippen molar-refractivity contribution >= 4 is 34.4 Å². The van der Waals surface area contributed by atoms with Crippen molar-refractivity contribution in [2.45, 2.75) is 63.7 Å². The van der Waals surface area contributed by atoms with Gasteiger partial charge in [-0.1, -0.05) is 0 Å². The lowest BCUT2D eigenvalue weighted by atomic mass is 9.89. The Morgan fingerprint density at radius 2 is 1.83 bits per heavy atom. The van der Waals surface area contributed by atoms with Crippen LogP contribution in [0.15, 0.2) is 54.9 Å². The number of nitrogens with two attached hydrogens (primary N) is 1. The number of aromatic nitrogens is 4. The largest absolute Gasteiger partial charge is 0.490 e. The van der Waals surface area contributed by atoms with Crippen molar-refractivity contribution in [2.75, 3.05) is 17.6 Å². The molecule has 0 bridgehead atoms. The molecule has 1 saturated carbocycles. The first kappa shape index (κ1) is 26.7. The van der Waals surface area contributed by atoms with E-state index >= 15 is 0 Å². The Balaban J connectivity index is 1.26. The Bertz CT molecular complexity index is 1600. The molecule has 2 fully saturated rings. The van der Waals surface area contributed by atoms with Gasteiger partial charge in [0.25, 0.3) is 11.8 Å². The van der Waals surface area contributed by atoms with Gasteiger partial charge in [-0.2, -0.15) is 5.10 Å². The maximum Gasteiger partial charge on any atom is 0.256 e. The summed E-state index contributed by atoms with van der Waals surface area (Å²) in [6, 6.07) is 12.5. The molecule has 4 N–H and O–H groups in total. The first-order valence-electron chi connectivity index (χ1n) is 13.9. The van der Waals surface area contributed by atoms with Crippen LogP contribution < -0.4 is 15.8 Å². The van der Waals surface area contributed by atoms with Gasteiger partial charge in [0.15, 0.2) is 0 Å². The zero-order valence-electron chi connectivity index (χ0n) is 23.0. The quantitative estimate of drug-likeness (QED) is 0.313. The van der Waals surface area contributed by atoms with Crippen LogP contribution >= 0.6 is 0 Å². The maximum atomic E-state index is 13.0. The lowest BCUT2D eigenvalue weighted by Gasteiger charge is -2.38. The first-order chi connectivity index (χ1) is 19.8. The van der Waals surface area contributed by atoms with E-state index in [4.69, 9.17) is 15.6 Å². The summed E-state index contributed by atoms with van der Waals surface area (Å²) in [5.74, 6) is 0.841. The minimum atomic E-state index is -1.06. The van der Waals surface area contributed by atoms with Crippen LogP contribution in [0.5, 0.6) is 5.75 Å². The average molecular weight is 556 g/mol. The first-order valence-corrected chi connectivity index (χ1v) is 13.9. The lowest BCUT2D eigenvalue weighted by molar-refractivity contribution is -0.143. The fraction of sp³-hybridized carbons (Fsp3) is 0.367. The number of amides is 2. The number of carbonyl (C=O) groups is 2. The Kier molecular flexibility index (Phi) is 7.04. The third-order valence-electron chi connectivity index (χ3n) is 7.73. The zero-order valence-corrected chi connectivity index (χ0v) is 23.0. The molecule has 1 aliphatic heterocycles. The SMILES string of the molecule is C[C@@H](O)C(=O)N1C[C@H](c2nn(-c3ccc(C(=O)Nc4cc(OC5CC5)ccn4)cc3)c3c(N)nccc23)CC[C@@H]1C. The average Bonchev–Trinajstić information content (AvgIpc) is 3.69. The summed E-state index contributed by atoms with van der Waals surface area (Å²) in [7, 11) is 0. The highest BCUT2D eigenvalue weighted by Gasteiger charge is 2.34. The molecule has 0 unspecified atom stereocenters. The molecule has 6 rings (SSSR count). The van der Waals surface area contributed by atoms with Gasteiger partial charge in [-0.05, 0) is 75.9 Å². The molecule has 41 heavy (non-hydrogen) atoms. The number of benzene rings is 1. The summed E-state index contributed by atoms with van der Waals surface area (Å²) < 4.78 is 7.54. The van der Waals surface area contributed by atoms with Crippen molar-refractivity contribution in [1.29, 1.82) is 0 Å². The molecule has 3 atom stereocenters. The van der Waals surface area contributed by atoms with Gasteiger partial charge in [-0.25, -0.2) is 14.6 Å². The molecule has 1 aliphatic carbocycles. The van der Waals surface area contributed by atoms with E-state index in [0.29, 0.717) is 35.0 Å². The van der Waals surface area contributed by atoms with Crippen molar-refractivity contribution in [3.05, 3.63) is 66.1 Å². The lowest BCUT2D eigenvalue weighted by Crippen LogP contribution is -2.48. The number of pyridine rings is 2. The second-order valence-electron chi connectivity index (χ2n) is 10.9. The van der Waals surface area contributed by atoms with Crippen LogP contribution in [-0.2, 0) is 4.79 Å². The second-order valence-corrected chi connectivity index (χ2v) is 10.9. The van der Waals surface area contributed by atoms with Crippen LogP contribution in [0.3, 0.4) is 0 Å². The van der Waals surface area contributed by atoms with Crippen molar-refractivity contribution in [3.63, 3.8) is 0 Å². The molecule has 1 saturated heterocycles. The molecule has 2 aliphatic rings. The van der Waals surface area contributed by atoms with Crippen molar-refractivity contribution < 1.29 is 19.4 Å². The minimum Gasteiger partial charge on any atom is -0.490 e. The fourth-order valence-electron chi connectivity index (χ4n) is 5.35. The van der Waals surface area contributed by atoms with Gasteiger partial charge in [0, 0.05) is 47.9 Å². The number of likely N-dealkylation sites (tertiary alicyclic amines) is 1. The van der Waals surface area contributed by atoms with Crippen molar-refractivity contribution in [3.8, 4) is 11.4 Å². The maximum absolute atomic E-state index is 13.0. The summed E-state index contributed by atoms with van der Waals surface area (Å²) in [6.45, 7) is 3.96. The van der Waals surface area contributed by atoms with Crippen LogP contribution in [0, 0.1) is 0 Å². The number of fused-ring (bicyclic) bond motifs is 1. The van der Waals surface area contributed by atoms with E-state index in [2.05, 4.69) is 15.3 Å². The molecule has 4 aromatic rings. The number of nitrogens with zero attached hydrogens (tertiary/aromatic N) is 5. The second kappa shape index (κ2) is 10.8. The van der Waals surface area contributed by atoms with Gasteiger partial charge in [0.2, 0.25) is 0 Å². The molecule has 3 aromatic heterocycles. The van der Waals surface area contributed by atoms with Crippen molar-refractivity contribution in [1.82, 2.24) is 24.6 Å². The Morgan fingerprint density at radius 1 is 1.07 bits per heavy atom. The van der Waals surface area contributed by atoms with E-state index in [0.717, 1.165) is 42.5 Å². The van der Waals surface area contributed by atoms with Gasteiger partial charge in [-0.3, -0.25) is 9.59 Å². The molecular weight excluding hydrogens is 522 g/mol. The Morgan fingerprint density at radius 3 is 2.56 bits per heavy atom. The van der Waals surface area contributed by atoms with Gasteiger partial charge in [0.1, 0.15) is 29.0 Å². The van der Waals surface area contributed by atoms with E-state index in [1.165, 1.54) is 6.92 Å². The summed E-state index contributed by atoms with van der Waals surface area (Å²) in [6.07, 6.45) is 6.20. The molecule has 0 spiro atoms. The third kappa shape index (κ3) is 5.45. The minimum absolute atomic E-state index is 0.0309. The number of ether oxygens (including phenoxy) is 1. The van der Waals surface area contributed by atoms with E-state index in [1.807, 2.05) is 25.1 Å². The number of aliphatic hydroxyl groups excluding tert-OH is 1. The van der Waals surface area contributed by atoms with Crippen molar-refractivity contribution in [2.24, 2.45) is 0 Å². The molecule has 212 valence electrons. The van der Waals surface area contributed by atoms with Crippen LogP contribution in [-0.4, -0.2) is 66.4 Å². The zero-order chi connectivity index (χ0) is 28.7. The fourth-order valence-corrected chi connectivity index (χ4v) is 5.35. The van der Waals surface area contributed by atoms with E-state index in [-0.39, 0.29) is 29.9 Å². The Labute approximate surface area is 237 Å². The monoisotopic (exact) mass is 555 g/mol. The highest BCUT2D eigenvalue weighted by molar-refractivity contribution is 6.04. The summed E-state index contributed by atoms with van der Waals surface area (Å²) in [5.41, 5.74) is 9.01. The predicted molar refractivity (Wildman–Crippen MR) is 154 cm³/mol. The van der Waals surface area contributed by atoms with E-state index < -0.39 is 6.10 Å². The summed E-state index contributed by atoms with van der Waals surface area (Å²) in [5, 5.41) is 18.6. The number of hydrogen-bond acceptors (Lipinski definition) is 8. The number of piperidine rings is 1. The van der Waals surface area contributed by atoms with Crippen LogP contribution in [0.2, 0.25) is 0 Å². The smallest absolute Gasteiger partial charge is 0.256 e. The van der Waals surface area contributed by atoms with Gasteiger partial charge in [-0.15, -0.1) is 0 Å². The molecular formula is C30H33N7O4. The van der Waals surface area contributed by atoms with Gasteiger partial charge >= 0.3 is 0 Å². The number of nitrogens with one attached hydrogen (secondary N) is 1. The number of carbonyl (C=O) groups excluding carboxylic acids is 2. The van der Waals surface area contributed by atoms with E-state index in [9.17, 15) is 14.7 Å². The molecule has 2 amide bonds. The normalized spacial score (nSPS) is 19.6. The number of rotatable bonds is 7. The predicted octanol–water partition coefficient (Wildman–Crippen LogP) is 3.67. The molecule has 0 radical (unpaired) electrons. The topological polar surface area (TPSA) is 148 Å². The molecule has 11 heteroatoms. The van der Waals surface area contributed by atoms with Crippen LogP contribution in [0.25, 0.3) is 16.6 Å². The molecule has 1 aromatic carbocycles. The standard InChI is InChI=1S/C30H33N7O4/c1-17-3-4-20(16-36(17)30(40)18(2)38)26-24-12-14-33-28(31)27(24)37(35-26)21-7-5-19(6-8-21)29(39)34-25-15-23(11-13-32-25)41-22-9-10-22/h5-8,11-15,17-18,20,22,38H,3-4,9-10,16H2,1-2H3,(H2,31,33)(H,32,34,39)/t17-,18+,20+/m0/s1. The highest BCUT2D eigenvalue weighted by atomic mass is 16.5. The number of aliphatic hydroxyl groups is 1. The van der Waals surface area contributed by atoms with E-state index in [1.54, 1.807) is 46.2 Å². The Hall–Kier alpha value is -4.51. The number of nitrogen functional groups attached to an aromatic ring is 1.